The number of rotatable bonds is 7. The van der Waals surface area contributed by atoms with Gasteiger partial charge in [-0.1, -0.05) is 35.9 Å². The van der Waals surface area contributed by atoms with Crippen LogP contribution < -0.4 is 0 Å². The highest BCUT2D eigenvalue weighted by molar-refractivity contribution is 7.98. The predicted molar refractivity (Wildman–Crippen MR) is 72.7 cm³/mol. The summed E-state index contributed by atoms with van der Waals surface area (Å²) in [5.41, 5.74) is 0. The molecular weight excluding hydrogens is 296 g/mol. The summed E-state index contributed by atoms with van der Waals surface area (Å²) in [6.07, 6.45) is 0.766. The summed E-state index contributed by atoms with van der Waals surface area (Å²) in [6, 6.07) is 0. The molecule has 0 bridgehead atoms. The summed E-state index contributed by atoms with van der Waals surface area (Å²) in [6.45, 7) is 6.12. The Balaban J connectivity index is 1.88. The van der Waals surface area contributed by atoms with Crippen molar-refractivity contribution < 1.29 is 18.5 Å². The molecule has 8 nitrogen and oxygen atoms in total. The van der Waals surface area contributed by atoms with Crippen LogP contribution in [0, 0.1) is 5.92 Å². The van der Waals surface area contributed by atoms with E-state index >= 15 is 0 Å². The number of ether oxygens (including phenoxy) is 1. The fourth-order valence-corrected chi connectivity index (χ4v) is 2.06. The zero-order chi connectivity index (χ0) is 15.2. The third-order valence-corrected chi connectivity index (χ3v) is 3.08. The topological polar surface area (TPSA) is 104 Å². The molecule has 0 aliphatic rings. The fraction of sp³-hybridized carbons (Fsp3) is 0.583. The van der Waals surface area contributed by atoms with Crippen LogP contribution in [0.4, 0.5) is 0 Å². The van der Waals surface area contributed by atoms with Crippen LogP contribution in [0.15, 0.2) is 14.2 Å². The van der Waals surface area contributed by atoms with Crippen LogP contribution >= 0.6 is 11.8 Å². The van der Waals surface area contributed by atoms with E-state index in [1.807, 2.05) is 0 Å². The Morgan fingerprint density at radius 3 is 2.90 bits per heavy atom. The lowest BCUT2D eigenvalue weighted by Crippen LogP contribution is -2.04. The second kappa shape index (κ2) is 7.21. The lowest BCUT2D eigenvalue weighted by Gasteiger charge is -1.96. The number of carbonyl (C=O) groups excluding carboxylic acids is 1. The molecule has 0 spiro atoms. The maximum absolute atomic E-state index is 11.4. The molecule has 0 aliphatic carbocycles. The zero-order valence-corrected chi connectivity index (χ0v) is 12.8. The smallest absolute Gasteiger partial charge is 0.396 e. The summed E-state index contributed by atoms with van der Waals surface area (Å²) in [7, 11) is 0. The van der Waals surface area contributed by atoms with Crippen LogP contribution in [-0.2, 0) is 16.9 Å². The van der Waals surface area contributed by atoms with Crippen molar-refractivity contribution in [3.63, 3.8) is 0 Å². The molecule has 2 aromatic heterocycles. The predicted octanol–water partition coefficient (Wildman–Crippen LogP) is 2.12. The van der Waals surface area contributed by atoms with E-state index in [1.165, 1.54) is 11.8 Å². The van der Waals surface area contributed by atoms with E-state index in [1.54, 1.807) is 6.92 Å². The van der Waals surface area contributed by atoms with Crippen LogP contribution in [0.25, 0.3) is 0 Å². The van der Waals surface area contributed by atoms with Crippen LogP contribution in [-0.4, -0.2) is 32.9 Å². The summed E-state index contributed by atoms with van der Waals surface area (Å²) in [5, 5.41) is 11.5. The lowest BCUT2D eigenvalue weighted by atomic mass is 10.1. The van der Waals surface area contributed by atoms with Crippen LogP contribution in [0.1, 0.15) is 43.2 Å². The molecule has 0 atom stereocenters. The minimum atomic E-state index is -0.631. The average Bonchev–Trinajstić information content (AvgIpc) is 3.05. The van der Waals surface area contributed by atoms with Crippen molar-refractivity contribution in [2.24, 2.45) is 5.92 Å². The highest BCUT2D eigenvalue weighted by Crippen LogP contribution is 2.21. The van der Waals surface area contributed by atoms with Crippen LogP contribution in [0.5, 0.6) is 0 Å². The normalized spacial score (nSPS) is 11.0. The Morgan fingerprint density at radius 1 is 1.38 bits per heavy atom. The second-order valence-corrected chi connectivity index (χ2v) is 5.51. The van der Waals surface area contributed by atoms with Gasteiger partial charge in [0.15, 0.2) is 5.82 Å². The zero-order valence-electron chi connectivity index (χ0n) is 12.0. The molecule has 0 unspecified atom stereocenters. The van der Waals surface area contributed by atoms with Crippen LogP contribution in [0.2, 0.25) is 0 Å². The Labute approximate surface area is 125 Å². The van der Waals surface area contributed by atoms with Gasteiger partial charge in [-0.3, -0.25) is 0 Å². The first kappa shape index (κ1) is 15.5. The molecule has 21 heavy (non-hydrogen) atoms. The van der Waals surface area contributed by atoms with E-state index in [2.05, 4.69) is 34.2 Å². The molecule has 0 N–H and O–H groups in total. The second-order valence-electron chi connectivity index (χ2n) is 4.58. The third kappa shape index (κ3) is 4.55. The minimum absolute atomic E-state index is 0.162. The van der Waals surface area contributed by atoms with Crippen molar-refractivity contribution in [2.45, 2.75) is 38.2 Å². The number of hydrogen-bond acceptors (Lipinski definition) is 9. The highest BCUT2D eigenvalue weighted by atomic mass is 32.2. The van der Waals surface area contributed by atoms with E-state index in [0.717, 1.165) is 6.42 Å². The first-order chi connectivity index (χ1) is 10.1. The molecule has 0 aliphatic heterocycles. The standard InChI is InChI=1S/C12H16N4O4S/c1-4-18-11(17)10-14-15-12(19-10)21-6-9-13-8(16-20-9)5-7(2)3/h7H,4-6H2,1-3H3. The fourth-order valence-electron chi connectivity index (χ4n) is 1.46. The molecule has 114 valence electrons. The van der Waals surface area contributed by atoms with E-state index in [-0.39, 0.29) is 17.7 Å². The maximum Gasteiger partial charge on any atom is 0.396 e. The van der Waals surface area contributed by atoms with Gasteiger partial charge in [-0.2, -0.15) is 4.98 Å². The first-order valence-electron chi connectivity index (χ1n) is 6.53. The number of carbonyl (C=O) groups is 1. The number of thioether (sulfide) groups is 1. The van der Waals surface area contributed by atoms with Gasteiger partial charge in [0, 0.05) is 6.42 Å². The number of aromatic nitrogens is 4. The molecule has 2 aromatic rings. The molecule has 0 saturated heterocycles. The molecule has 9 heteroatoms. The van der Waals surface area contributed by atoms with Crippen molar-refractivity contribution in [3.8, 4) is 0 Å². The Hall–Kier alpha value is -1.90. The average molecular weight is 312 g/mol. The van der Waals surface area contributed by atoms with Gasteiger partial charge in [-0.05, 0) is 12.8 Å². The molecule has 0 amide bonds. The summed E-state index contributed by atoms with van der Waals surface area (Å²) < 4.78 is 15.0. The Morgan fingerprint density at radius 2 is 2.19 bits per heavy atom. The Bertz CT molecular complexity index is 596. The quantitative estimate of drug-likeness (QED) is 0.561. The maximum atomic E-state index is 11.4. The highest BCUT2D eigenvalue weighted by Gasteiger charge is 2.17. The van der Waals surface area contributed by atoms with Gasteiger partial charge in [0.2, 0.25) is 5.89 Å². The molecule has 2 heterocycles. The molecule has 0 fully saturated rings. The Kier molecular flexibility index (Phi) is 5.32. The third-order valence-electron chi connectivity index (χ3n) is 2.28. The number of nitrogens with zero attached hydrogens (tertiary/aromatic N) is 4. The minimum Gasteiger partial charge on any atom is -0.459 e. The monoisotopic (exact) mass is 312 g/mol. The van der Waals surface area contributed by atoms with E-state index in [9.17, 15) is 4.79 Å². The van der Waals surface area contributed by atoms with Crippen molar-refractivity contribution in [2.75, 3.05) is 6.61 Å². The summed E-state index contributed by atoms with van der Waals surface area (Å²) >= 11 is 1.22. The van der Waals surface area contributed by atoms with Crippen molar-refractivity contribution in [1.82, 2.24) is 20.3 Å². The largest absolute Gasteiger partial charge is 0.459 e. The van der Waals surface area contributed by atoms with Gasteiger partial charge < -0.3 is 13.7 Å². The lowest BCUT2D eigenvalue weighted by molar-refractivity contribution is 0.0475. The number of esters is 1. The molecule has 0 aromatic carbocycles. The SMILES string of the molecule is CCOC(=O)c1nnc(SCc2nc(CC(C)C)no2)o1. The van der Waals surface area contributed by atoms with Gasteiger partial charge in [-0.25, -0.2) is 4.79 Å². The van der Waals surface area contributed by atoms with Gasteiger partial charge in [0.25, 0.3) is 5.22 Å². The van der Waals surface area contributed by atoms with Gasteiger partial charge in [-0.15, -0.1) is 5.10 Å². The van der Waals surface area contributed by atoms with Crippen molar-refractivity contribution >= 4 is 17.7 Å². The van der Waals surface area contributed by atoms with Crippen molar-refractivity contribution in [1.29, 1.82) is 0 Å². The van der Waals surface area contributed by atoms with E-state index < -0.39 is 5.97 Å². The molecule has 0 saturated carbocycles. The molecule has 2 rings (SSSR count). The van der Waals surface area contributed by atoms with E-state index in [4.69, 9.17) is 13.7 Å². The number of hydrogen-bond donors (Lipinski definition) is 0. The van der Waals surface area contributed by atoms with E-state index in [0.29, 0.717) is 23.4 Å². The first-order valence-corrected chi connectivity index (χ1v) is 7.52. The summed E-state index contributed by atoms with van der Waals surface area (Å²) in [5.74, 6) is 1.23. The van der Waals surface area contributed by atoms with Crippen molar-refractivity contribution in [3.05, 3.63) is 17.6 Å². The van der Waals surface area contributed by atoms with Crippen LogP contribution in [0.3, 0.4) is 0 Å². The molecule has 0 radical (unpaired) electrons. The van der Waals surface area contributed by atoms with Gasteiger partial charge >= 0.3 is 11.9 Å². The van der Waals surface area contributed by atoms with Gasteiger partial charge in [0.1, 0.15) is 0 Å². The van der Waals surface area contributed by atoms with Gasteiger partial charge in [0.05, 0.1) is 12.4 Å². The summed E-state index contributed by atoms with van der Waals surface area (Å²) in [4.78, 5) is 15.6. The molecular formula is C12H16N4O4S.